The van der Waals surface area contributed by atoms with Crippen LogP contribution in [0.2, 0.25) is 0 Å². The first-order valence-electron chi connectivity index (χ1n) is 21.7. The summed E-state index contributed by atoms with van der Waals surface area (Å²) in [4.78, 5) is 74.5. The minimum absolute atomic E-state index is 0.0401. The summed E-state index contributed by atoms with van der Waals surface area (Å²) in [6.45, 7) is 7.26. The van der Waals surface area contributed by atoms with Gasteiger partial charge in [-0.1, -0.05) is 74.5 Å². The van der Waals surface area contributed by atoms with E-state index < -0.39 is 125 Å². The van der Waals surface area contributed by atoms with E-state index in [1.165, 1.54) is 24.1 Å². The molecule has 25 heteroatoms. The van der Waals surface area contributed by atoms with E-state index in [4.69, 9.17) is 57.0 Å². The van der Waals surface area contributed by atoms with Gasteiger partial charge in [-0.05, 0) is 17.0 Å². The van der Waals surface area contributed by atoms with Crippen LogP contribution in [0.25, 0.3) is 11.2 Å². The van der Waals surface area contributed by atoms with Crippen molar-refractivity contribution in [3.63, 3.8) is 0 Å². The highest BCUT2D eigenvalue weighted by Gasteiger charge is 2.54. The summed E-state index contributed by atoms with van der Waals surface area (Å²) in [5.74, 6) is -6.04. The number of esters is 5. The van der Waals surface area contributed by atoms with Crippen molar-refractivity contribution in [3.05, 3.63) is 84.4 Å². The van der Waals surface area contributed by atoms with E-state index in [9.17, 15) is 24.0 Å². The Morgan fingerprint density at radius 2 is 1.28 bits per heavy atom. The summed E-state index contributed by atoms with van der Waals surface area (Å²) in [5, 5.41) is 0. The number of ether oxygens (including phenoxy) is 7. The maximum Gasteiger partial charge on any atom is 0.345 e. The average Bonchev–Trinajstić information content (AvgIpc) is 3.87. The molecule has 2 N–H and O–H groups in total. The summed E-state index contributed by atoms with van der Waals surface area (Å²) < 4.78 is 97.5. The van der Waals surface area contributed by atoms with E-state index in [1.807, 2.05) is 0 Å². The molecule has 12 atom stereocenters. The second-order valence-corrected chi connectivity index (χ2v) is 20.9. The van der Waals surface area contributed by atoms with Crippen molar-refractivity contribution >= 4 is 62.0 Å². The molecule has 6 rings (SSSR count). The number of hydrogen-bond acceptors (Lipinski definition) is 22. The molecule has 4 heterocycles. The average molecular weight is 1000 g/mol. The second-order valence-electron chi connectivity index (χ2n) is 16.3. The molecular weight excluding hydrogens is 948 g/mol. The molecule has 0 spiro atoms. The zero-order chi connectivity index (χ0) is 50.0. The Bertz CT molecular complexity index is 2530. The fourth-order valence-electron chi connectivity index (χ4n) is 7.73. The van der Waals surface area contributed by atoms with Crippen LogP contribution in [-0.2, 0) is 97.6 Å². The van der Waals surface area contributed by atoms with Crippen molar-refractivity contribution in [2.24, 2.45) is 11.8 Å². The molecule has 2 saturated heterocycles. The van der Waals surface area contributed by atoms with E-state index in [0.717, 1.165) is 27.7 Å². The normalized spacial score (nSPS) is 25.6. The minimum atomic E-state index is -4.91. The predicted molar refractivity (Wildman–Crippen MR) is 239 cm³/mol. The molecule has 2 aliphatic rings. The van der Waals surface area contributed by atoms with Crippen molar-refractivity contribution in [1.82, 2.24) is 19.5 Å². The van der Waals surface area contributed by atoms with Gasteiger partial charge < -0.3 is 52.5 Å². The van der Waals surface area contributed by atoms with Crippen LogP contribution in [0.5, 0.6) is 0 Å². The molecule has 0 saturated carbocycles. The van der Waals surface area contributed by atoms with Gasteiger partial charge >= 0.3 is 45.0 Å². The molecule has 6 unspecified atom stereocenters. The molecule has 69 heavy (non-hydrogen) atoms. The van der Waals surface area contributed by atoms with Crippen molar-refractivity contribution in [2.75, 3.05) is 24.9 Å². The van der Waals surface area contributed by atoms with Gasteiger partial charge in [-0.25, -0.2) is 15.0 Å². The van der Waals surface area contributed by atoms with Crippen LogP contribution >= 0.6 is 15.2 Å². The third-order valence-corrected chi connectivity index (χ3v) is 15.9. The molecule has 0 aliphatic carbocycles. The van der Waals surface area contributed by atoms with Crippen LogP contribution < -0.4 is 5.73 Å². The molecule has 374 valence electrons. The first kappa shape index (κ1) is 52.7. The van der Waals surface area contributed by atoms with Gasteiger partial charge in [-0.2, -0.15) is 0 Å². The summed E-state index contributed by atoms with van der Waals surface area (Å²) in [7, 11) is -9.73. The van der Waals surface area contributed by atoms with Gasteiger partial charge in [-0.15, -0.1) is 0 Å². The highest BCUT2D eigenvalue weighted by molar-refractivity contribution is 7.71. The van der Waals surface area contributed by atoms with Crippen LogP contribution in [0.1, 0.15) is 65.8 Å². The zero-order valence-electron chi connectivity index (χ0n) is 38.8. The third kappa shape index (κ3) is 14.0. The molecular formula is C44H55N5O18P2. The Balaban J connectivity index is 1.38. The van der Waals surface area contributed by atoms with Crippen molar-refractivity contribution < 1.29 is 84.4 Å². The van der Waals surface area contributed by atoms with Gasteiger partial charge in [-0.3, -0.25) is 42.2 Å². The number of aromatic nitrogens is 4. The Kier molecular flexibility index (Phi) is 17.8. The number of carbonyl (C=O) groups excluding carboxylic acids is 5. The standard InChI is InChI=1S/C44H55N5O18P2/c1-25-26(2)38(62-29(5)52)44(66-37(25)34(61-28(4)51)20-57-27(3)50)67-69(56,59-19-33-16-12-9-13-17-33)24-68(55,58-18-32-14-10-8-11-15-32)60-21-35-39(63-30(6)53)40(64-31(7)54)43(65-35)49-23-48-36-41(45)46-22-47-42(36)49/h8-17,22-23,25-26,34-35,37-40,43-44H,18-21,24H2,1-7H3,(H2,45,46,47)/t25-,26-,34+,35+,37?,38?,39?,40-,43+,44?,68?,69?/m0/s1. The number of anilines is 1. The molecule has 0 bridgehead atoms. The van der Waals surface area contributed by atoms with E-state index in [2.05, 4.69) is 15.0 Å². The Morgan fingerprint density at radius 3 is 1.86 bits per heavy atom. The summed E-state index contributed by atoms with van der Waals surface area (Å²) in [6.07, 6.45) is -8.31. The van der Waals surface area contributed by atoms with Gasteiger partial charge in [0.1, 0.15) is 30.7 Å². The van der Waals surface area contributed by atoms with Crippen LogP contribution in [0, 0.1) is 11.8 Å². The molecule has 2 aromatic carbocycles. The summed E-state index contributed by atoms with van der Waals surface area (Å²) in [6, 6.07) is 17.1. The Labute approximate surface area is 396 Å². The van der Waals surface area contributed by atoms with Crippen LogP contribution in [-0.4, -0.2) is 111 Å². The van der Waals surface area contributed by atoms with Gasteiger partial charge in [0.2, 0.25) is 6.29 Å². The molecule has 0 amide bonds. The predicted octanol–water partition coefficient (Wildman–Crippen LogP) is 5.40. The number of fused-ring (bicyclic) bond motifs is 1. The number of imidazole rings is 1. The quantitative estimate of drug-likeness (QED) is 0.0620. The SMILES string of the molecule is CC(=O)OC[C@@H](OC(C)=O)C1OC(OP(=O)(CP(=O)(OCc2ccccc2)OC[C@H]2O[C@@H](n3cnc4c(N)ncnc43)[C@@H](OC(C)=O)C2OC(C)=O)OCc2ccccc2)C(OC(C)=O)[C@@H](C)[C@@H]1C. The lowest BCUT2D eigenvalue weighted by molar-refractivity contribution is -0.269. The lowest BCUT2D eigenvalue weighted by atomic mass is 9.81. The fraction of sp³-hybridized carbons (Fsp3) is 0.500. The number of nitrogen functional groups attached to an aromatic ring is 1. The number of nitrogens with zero attached hydrogens (tertiary/aromatic N) is 4. The lowest BCUT2D eigenvalue weighted by Crippen LogP contribution is -2.56. The second kappa shape index (κ2) is 23.3. The zero-order valence-corrected chi connectivity index (χ0v) is 40.6. The van der Waals surface area contributed by atoms with Crippen LogP contribution in [0.3, 0.4) is 0 Å². The highest BCUT2D eigenvalue weighted by atomic mass is 31.2. The van der Waals surface area contributed by atoms with E-state index in [0.29, 0.717) is 11.1 Å². The molecule has 23 nitrogen and oxygen atoms in total. The molecule has 2 aliphatic heterocycles. The molecule has 0 radical (unpaired) electrons. The smallest absolute Gasteiger partial charge is 0.345 e. The van der Waals surface area contributed by atoms with E-state index in [-0.39, 0.29) is 30.2 Å². The lowest BCUT2D eigenvalue weighted by Gasteiger charge is -2.46. The minimum Gasteiger partial charge on any atom is -0.462 e. The van der Waals surface area contributed by atoms with Gasteiger partial charge in [0.25, 0.3) is 0 Å². The first-order chi connectivity index (χ1) is 32.7. The van der Waals surface area contributed by atoms with Crippen LogP contribution in [0.4, 0.5) is 5.82 Å². The maximum atomic E-state index is 15.6. The van der Waals surface area contributed by atoms with Gasteiger partial charge in [0.15, 0.2) is 48.0 Å². The summed E-state index contributed by atoms with van der Waals surface area (Å²) >= 11 is 0. The van der Waals surface area contributed by atoms with E-state index >= 15 is 9.13 Å². The van der Waals surface area contributed by atoms with Crippen LogP contribution in [0.15, 0.2) is 73.3 Å². The van der Waals surface area contributed by atoms with Gasteiger partial charge in [0.05, 0.1) is 26.1 Å². The van der Waals surface area contributed by atoms with Crippen molar-refractivity contribution in [3.8, 4) is 0 Å². The number of carbonyl (C=O) groups is 5. The molecule has 2 fully saturated rings. The van der Waals surface area contributed by atoms with Gasteiger partial charge in [0, 0.05) is 40.5 Å². The Hall–Kier alpha value is -5.64. The first-order valence-corrected chi connectivity index (χ1v) is 25.1. The number of rotatable bonds is 21. The molecule has 4 aromatic rings. The fourth-order valence-corrected chi connectivity index (χ4v) is 12.4. The van der Waals surface area contributed by atoms with E-state index in [1.54, 1.807) is 74.5 Å². The maximum absolute atomic E-state index is 15.6. The molecule has 2 aromatic heterocycles. The number of benzene rings is 2. The topological polar surface area (TPSA) is 291 Å². The monoisotopic (exact) mass is 1000 g/mol. The third-order valence-electron chi connectivity index (χ3n) is 11.0. The Morgan fingerprint density at radius 1 is 0.696 bits per heavy atom. The van der Waals surface area contributed by atoms with Crippen molar-refractivity contribution in [2.45, 2.75) is 111 Å². The number of nitrogens with two attached hydrogens (primary N) is 1. The van der Waals surface area contributed by atoms with Crippen molar-refractivity contribution in [1.29, 1.82) is 0 Å². The summed E-state index contributed by atoms with van der Waals surface area (Å²) in [5.41, 5.74) is 7.45. The highest BCUT2D eigenvalue weighted by Crippen LogP contribution is 2.66. The number of hydrogen-bond donors (Lipinski definition) is 1. The largest absolute Gasteiger partial charge is 0.462 e.